The molecule has 1 fully saturated rings. The largest absolute Gasteiger partial charge is 0.342 e. The van der Waals surface area contributed by atoms with Crippen LogP contribution in [0.25, 0.3) is 0 Å². The van der Waals surface area contributed by atoms with Gasteiger partial charge in [-0.1, -0.05) is 30.3 Å². The SMILES string of the molecule is O=C(NC(c1ccccc1)C1CC1)c1nn[nH]n1. The zero-order chi connectivity index (χ0) is 12.4. The zero-order valence-electron chi connectivity index (χ0n) is 9.71. The Kier molecular flexibility index (Phi) is 2.76. The maximum Gasteiger partial charge on any atom is 0.293 e. The highest BCUT2D eigenvalue weighted by molar-refractivity contribution is 5.90. The number of aromatic amines is 1. The van der Waals surface area contributed by atoms with Gasteiger partial charge in [0.15, 0.2) is 0 Å². The normalized spacial score (nSPS) is 16.2. The van der Waals surface area contributed by atoms with Gasteiger partial charge in [-0.15, -0.1) is 10.2 Å². The summed E-state index contributed by atoms with van der Waals surface area (Å²) >= 11 is 0. The lowest BCUT2D eigenvalue weighted by Crippen LogP contribution is -2.30. The molecule has 1 unspecified atom stereocenters. The summed E-state index contributed by atoms with van der Waals surface area (Å²) in [7, 11) is 0. The zero-order valence-corrected chi connectivity index (χ0v) is 9.71. The van der Waals surface area contributed by atoms with E-state index in [1.807, 2.05) is 30.3 Å². The van der Waals surface area contributed by atoms with Gasteiger partial charge in [0.1, 0.15) is 0 Å². The third kappa shape index (κ3) is 2.22. The van der Waals surface area contributed by atoms with Gasteiger partial charge >= 0.3 is 0 Å². The number of carbonyl (C=O) groups is 1. The smallest absolute Gasteiger partial charge is 0.293 e. The van der Waals surface area contributed by atoms with Crippen molar-refractivity contribution in [1.29, 1.82) is 0 Å². The van der Waals surface area contributed by atoms with Crippen molar-refractivity contribution >= 4 is 5.91 Å². The molecule has 1 aliphatic rings. The second-order valence-electron chi connectivity index (χ2n) is 4.43. The Bertz CT molecular complexity index is 521. The molecule has 6 nitrogen and oxygen atoms in total. The van der Waals surface area contributed by atoms with Gasteiger partial charge in [0.05, 0.1) is 6.04 Å². The standard InChI is InChI=1S/C12H13N5O/c18-12(11-14-16-17-15-11)13-10(9-6-7-9)8-4-2-1-3-5-8/h1-5,9-10H,6-7H2,(H,13,18)(H,14,15,16,17). The molecule has 3 rings (SSSR count). The summed E-state index contributed by atoms with van der Waals surface area (Å²) < 4.78 is 0. The lowest BCUT2D eigenvalue weighted by atomic mass is 10.0. The average Bonchev–Trinajstić information content (AvgIpc) is 3.10. The van der Waals surface area contributed by atoms with Crippen LogP contribution in [0.3, 0.4) is 0 Å². The molecule has 1 atom stereocenters. The molecule has 0 aliphatic heterocycles. The molecule has 0 radical (unpaired) electrons. The molecular weight excluding hydrogens is 230 g/mol. The van der Waals surface area contributed by atoms with E-state index in [0.717, 1.165) is 18.4 Å². The molecule has 18 heavy (non-hydrogen) atoms. The predicted octanol–water partition coefficient (Wildman–Crippen LogP) is 1.08. The fraction of sp³-hybridized carbons (Fsp3) is 0.333. The van der Waals surface area contributed by atoms with Crippen LogP contribution in [-0.4, -0.2) is 26.5 Å². The number of carbonyl (C=O) groups excluding carboxylic acids is 1. The lowest BCUT2D eigenvalue weighted by Gasteiger charge is -2.17. The van der Waals surface area contributed by atoms with Crippen molar-refractivity contribution in [2.24, 2.45) is 5.92 Å². The van der Waals surface area contributed by atoms with Crippen LogP contribution >= 0.6 is 0 Å². The average molecular weight is 243 g/mol. The Morgan fingerprint density at radius 1 is 1.33 bits per heavy atom. The van der Waals surface area contributed by atoms with E-state index in [1.54, 1.807) is 0 Å². The summed E-state index contributed by atoms with van der Waals surface area (Å²) in [6.45, 7) is 0. The van der Waals surface area contributed by atoms with Crippen LogP contribution in [0.5, 0.6) is 0 Å². The Labute approximate surface area is 104 Å². The maximum absolute atomic E-state index is 11.9. The molecule has 2 N–H and O–H groups in total. The van der Waals surface area contributed by atoms with Crippen molar-refractivity contribution < 1.29 is 4.79 Å². The van der Waals surface area contributed by atoms with E-state index in [2.05, 4.69) is 25.9 Å². The summed E-state index contributed by atoms with van der Waals surface area (Å²) in [5.74, 6) is 0.310. The molecule has 1 aliphatic carbocycles. The van der Waals surface area contributed by atoms with Crippen molar-refractivity contribution in [1.82, 2.24) is 25.9 Å². The number of tetrazole rings is 1. The van der Waals surface area contributed by atoms with Crippen molar-refractivity contribution in [3.63, 3.8) is 0 Å². The van der Waals surface area contributed by atoms with Crippen LogP contribution in [0.4, 0.5) is 0 Å². The van der Waals surface area contributed by atoms with Crippen LogP contribution in [0.1, 0.15) is 35.1 Å². The molecular formula is C12H13N5O. The van der Waals surface area contributed by atoms with Gasteiger partial charge in [-0.05, 0) is 29.5 Å². The highest BCUT2D eigenvalue weighted by Crippen LogP contribution is 2.40. The van der Waals surface area contributed by atoms with Crippen molar-refractivity contribution in [2.75, 3.05) is 0 Å². The van der Waals surface area contributed by atoms with Gasteiger partial charge in [-0.3, -0.25) is 4.79 Å². The minimum Gasteiger partial charge on any atom is -0.342 e. The van der Waals surface area contributed by atoms with Gasteiger partial charge in [0.2, 0.25) is 0 Å². The van der Waals surface area contributed by atoms with Crippen molar-refractivity contribution in [3.8, 4) is 0 Å². The monoisotopic (exact) mass is 243 g/mol. The first-order valence-electron chi connectivity index (χ1n) is 5.94. The number of hydrogen-bond donors (Lipinski definition) is 2. The molecule has 1 saturated carbocycles. The van der Waals surface area contributed by atoms with Gasteiger partial charge < -0.3 is 5.32 Å². The molecule has 0 bridgehead atoms. The Morgan fingerprint density at radius 2 is 2.11 bits per heavy atom. The third-order valence-corrected chi connectivity index (χ3v) is 3.09. The molecule has 92 valence electrons. The third-order valence-electron chi connectivity index (χ3n) is 3.09. The molecule has 2 aromatic rings. The molecule has 0 spiro atoms. The van der Waals surface area contributed by atoms with Crippen LogP contribution < -0.4 is 5.32 Å². The van der Waals surface area contributed by atoms with Gasteiger partial charge in [-0.2, -0.15) is 5.21 Å². The Hall–Kier alpha value is -2.24. The summed E-state index contributed by atoms with van der Waals surface area (Å²) in [5, 5.41) is 16.0. The van der Waals surface area contributed by atoms with E-state index >= 15 is 0 Å². The second kappa shape index (κ2) is 4.56. The summed E-state index contributed by atoms with van der Waals surface area (Å²) in [6.07, 6.45) is 2.29. The topological polar surface area (TPSA) is 83.6 Å². The molecule has 1 heterocycles. The number of rotatable bonds is 4. The van der Waals surface area contributed by atoms with Crippen molar-refractivity contribution in [3.05, 3.63) is 41.7 Å². The van der Waals surface area contributed by atoms with Crippen molar-refractivity contribution in [2.45, 2.75) is 18.9 Å². The first-order valence-corrected chi connectivity index (χ1v) is 5.94. The highest BCUT2D eigenvalue weighted by Gasteiger charge is 2.34. The fourth-order valence-corrected chi connectivity index (χ4v) is 2.03. The van der Waals surface area contributed by atoms with Crippen LogP contribution in [0.15, 0.2) is 30.3 Å². The molecule has 1 aromatic heterocycles. The number of benzene rings is 1. The number of nitrogens with zero attached hydrogens (tertiary/aromatic N) is 3. The Balaban J connectivity index is 1.77. The van der Waals surface area contributed by atoms with E-state index in [1.165, 1.54) is 0 Å². The quantitative estimate of drug-likeness (QED) is 0.841. The number of nitrogens with one attached hydrogen (secondary N) is 2. The first kappa shape index (κ1) is 10.9. The van der Waals surface area contributed by atoms with E-state index in [4.69, 9.17) is 0 Å². The van der Waals surface area contributed by atoms with Gasteiger partial charge in [-0.25, -0.2) is 0 Å². The number of aromatic nitrogens is 4. The summed E-state index contributed by atoms with van der Waals surface area (Å²) in [4.78, 5) is 11.9. The maximum atomic E-state index is 11.9. The number of amides is 1. The minimum absolute atomic E-state index is 0.0391. The lowest BCUT2D eigenvalue weighted by molar-refractivity contribution is 0.0921. The molecule has 1 aromatic carbocycles. The molecule has 0 saturated heterocycles. The van der Waals surface area contributed by atoms with Gasteiger partial charge in [0.25, 0.3) is 11.7 Å². The molecule has 1 amide bonds. The van der Waals surface area contributed by atoms with Crippen LogP contribution in [0, 0.1) is 5.92 Å². The predicted molar refractivity (Wildman–Crippen MR) is 63.6 cm³/mol. The van der Waals surface area contributed by atoms with E-state index in [0.29, 0.717) is 5.92 Å². The van der Waals surface area contributed by atoms with Gasteiger partial charge in [0, 0.05) is 0 Å². The minimum atomic E-state index is -0.287. The summed E-state index contributed by atoms with van der Waals surface area (Å²) in [6, 6.07) is 10.0. The number of hydrogen-bond acceptors (Lipinski definition) is 4. The van der Waals surface area contributed by atoms with Crippen LogP contribution in [0.2, 0.25) is 0 Å². The summed E-state index contributed by atoms with van der Waals surface area (Å²) in [5.41, 5.74) is 1.12. The van der Waals surface area contributed by atoms with E-state index < -0.39 is 0 Å². The highest BCUT2D eigenvalue weighted by atomic mass is 16.2. The molecule has 6 heteroatoms. The van der Waals surface area contributed by atoms with E-state index in [9.17, 15) is 4.79 Å². The number of H-pyrrole nitrogens is 1. The van der Waals surface area contributed by atoms with Crippen LogP contribution in [-0.2, 0) is 0 Å². The van der Waals surface area contributed by atoms with E-state index in [-0.39, 0.29) is 17.8 Å². The second-order valence-corrected chi connectivity index (χ2v) is 4.43. The first-order chi connectivity index (χ1) is 8.84. The Morgan fingerprint density at radius 3 is 2.72 bits per heavy atom. The fourth-order valence-electron chi connectivity index (χ4n) is 2.03.